The molecule has 0 aliphatic heterocycles. The highest BCUT2D eigenvalue weighted by molar-refractivity contribution is 7.07. The van der Waals surface area contributed by atoms with E-state index in [0.717, 1.165) is 43.0 Å². The van der Waals surface area contributed by atoms with Crippen molar-refractivity contribution in [2.24, 2.45) is 4.99 Å². The summed E-state index contributed by atoms with van der Waals surface area (Å²) in [5.41, 5.74) is 1.96. The van der Waals surface area contributed by atoms with Crippen LogP contribution in [0, 0.1) is 11.6 Å². The first-order valence-electron chi connectivity index (χ1n) is 10.6. The Balaban J connectivity index is 1.91. The van der Waals surface area contributed by atoms with Gasteiger partial charge in [0.2, 0.25) is 5.75 Å². The Kier molecular flexibility index (Phi) is 6.79. The molecule has 2 aromatic carbocycles. The van der Waals surface area contributed by atoms with Crippen molar-refractivity contribution in [2.75, 3.05) is 21.3 Å². The molecule has 1 saturated carbocycles. The summed E-state index contributed by atoms with van der Waals surface area (Å²) in [6.07, 6.45) is 5.51. The van der Waals surface area contributed by atoms with Crippen molar-refractivity contribution in [1.29, 1.82) is 0 Å². The molecule has 0 bridgehead atoms. The molecule has 4 rings (SSSR count). The van der Waals surface area contributed by atoms with E-state index < -0.39 is 11.6 Å². The van der Waals surface area contributed by atoms with Crippen LogP contribution in [0.15, 0.2) is 40.7 Å². The van der Waals surface area contributed by atoms with Gasteiger partial charge in [0.25, 0.3) is 0 Å². The summed E-state index contributed by atoms with van der Waals surface area (Å²) in [7, 11) is 4.74. The molecule has 0 radical (unpaired) electrons. The standard InChI is InChI=1S/C24H26F2N2O3S/c1-29-21-11-15(12-22(30-2)23(21)31-3)20-14-32-24(28(20)17-7-5-4-6-8-17)27-19-10-9-16(25)13-18(19)26/h9-14,17H,4-8H2,1-3H3. The molecular weight excluding hydrogens is 434 g/mol. The Morgan fingerprint density at radius 1 is 0.938 bits per heavy atom. The average Bonchev–Trinajstić information content (AvgIpc) is 3.24. The molecule has 1 aliphatic carbocycles. The zero-order chi connectivity index (χ0) is 22.7. The van der Waals surface area contributed by atoms with Crippen LogP contribution < -0.4 is 19.0 Å². The Hall–Kier alpha value is -2.87. The molecular formula is C24H26F2N2O3S. The molecule has 3 aromatic rings. The van der Waals surface area contributed by atoms with Gasteiger partial charge in [-0.25, -0.2) is 13.8 Å². The SMILES string of the molecule is COc1cc(-c2csc(=Nc3ccc(F)cc3F)n2C2CCCCC2)cc(OC)c1OC. The maximum atomic E-state index is 14.3. The predicted molar refractivity (Wildman–Crippen MR) is 121 cm³/mol. The van der Waals surface area contributed by atoms with E-state index >= 15 is 0 Å². The highest BCUT2D eigenvalue weighted by Gasteiger charge is 2.23. The topological polar surface area (TPSA) is 45.0 Å². The average molecular weight is 461 g/mol. The van der Waals surface area contributed by atoms with E-state index in [1.165, 1.54) is 29.9 Å². The minimum atomic E-state index is -0.678. The van der Waals surface area contributed by atoms with Gasteiger partial charge < -0.3 is 18.8 Å². The highest BCUT2D eigenvalue weighted by atomic mass is 32.1. The van der Waals surface area contributed by atoms with Crippen LogP contribution in [0.2, 0.25) is 0 Å². The lowest BCUT2D eigenvalue weighted by Gasteiger charge is -2.25. The van der Waals surface area contributed by atoms with Crippen LogP contribution in [0.5, 0.6) is 17.2 Å². The zero-order valence-corrected chi connectivity index (χ0v) is 19.2. The first-order chi connectivity index (χ1) is 15.5. The van der Waals surface area contributed by atoms with E-state index in [-0.39, 0.29) is 11.7 Å². The van der Waals surface area contributed by atoms with Crippen molar-refractivity contribution in [1.82, 2.24) is 4.57 Å². The van der Waals surface area contributed by atoms with Crippen LogP contribution in [0.3, 0.4) is 0 Å². The van der Waals surface area contributed by atoms with E-state index in [1.54, 1.807) is 21.3 Å². The molecule has 170 valence electrons. The van der Waals surface area contributed by atoms with Gasteiger partial charge >= 0.3 is 0 Å². The van der Waals surface area contributed by atoms with Gasteiger partial charge in [0.1, 0.15) is 11.5 Å². The van der Waals surface area contributed by atoms with Gasteiger partial charge in [-0.3, -0.25) is 0 Å². The van der Waals surface area contributed by atoms with Crippen molar-refractivity contribution in [2.45, 2.75) is 38.1 Å². The van der Waals surface area contributed by atoms with Gasteiger partial charge in [-0.15, -0.1) is 11.3 Å². The van der Waals surface area contributed by atoms with E-state index in [9.17, 15) is 8.78 Å². The van der Waals surface area contributed by atoms with Crippen molar-refractivity contribution in [3.63, 3.8) is 0 Å². The number of nitrogens with zero attached hydrogens (tertiary/aromatic N) is 2. The Bertz CT molecular complexity index is 1140. The second-order valence-corrected chi connectivity index (χ2v) is 8.52. The second kappa shape index (κ2) is 9.73. The van der Waals surface area contributed by atoms with Crippen LogP contribution in [0.25, 0.3) is 11.3 Å². The van der Waals surface area contributed by atoms with Crippen molar-refractivity contribution in [3.05, 3.63) is 52.1 Å². The third-order valence-electron chi connectivity index (χ3n) is 5.77. The highest BCUT2D eigenvalue weighted by Crippen LogP contribution is 2.42. The van der Waals surface area contributed by atoms with Crippen molar-refractivity contribution in [3.8, 4) is 28.5 Å². The van der Waals surface area contributed by atoms with Gasteiger partial charge in [0, 0.05) is 23.1 Å². The second-order valence-electron chi connectivity index (χ2n) is 7.69. The summed E-state index contributed by atoms with van der Waals surface area (Å²) in [6, 6.07) is 7.51. The van der Waals surface area contributed by atoms with Crippen LogP contribution in [-0.2, 0) is 0 Å². The van der Waals surface area contributed by atoms with Gasteiger partial charge in [-0.1, -0.05) is 19.3 Å². The zero-order valence-electron chi connectivity index (χ0n) is 18.4. The predicted octanol–water partition coefficient (Wildman–Crippen LogP) is 6.26. The Labute approximate surface area is 189 Å². The van der Waals surface area contributed by atoms with E-state index in [4.69, 9.17) is 14.2 Å². The Morgan fingerprint density at radius 2 is 1.62 bits per heavy atom. The molecule has 0 saturated heterocycles. The van der Waals surface area contributed by atoms with Crippen LogP contribution in [0.4, 0.5) is 14.5 Å². The molecule has 1 heterocycles. The fourth-order valence-electron chi connectivity index (χ4n) is 4.21. The summed E-state index contributed by atoms with van der Waals surface area (Å²) < 4.78 is 46.4. The molecule has 1 aliphatic rings. The van der Waals surface area contributed by atoms with E-state index in [1.807, 2.05) is 17.5 Å². The first kappa shape index (κ1) is 22.3. The maximum Gasteiger partial charge on any atom is 0.203 e. The monoisotopic (exact) mass is 460 g/mol. The molecule has 0 atom stereocenters. The molecule has 8 heteroatoms. The van der Waals surface area contributed by atoms with Crippen LogP contribution >= 0.6 is 11.3 Å². The smallest absolute Gasteiger partial charge is 0.203 e. The molecule has 1 fully saturated rings. The molecule has 0 unspecified atom stereocenters. The number of thiazole rings is 1. The van der Waals surface area contributed by atoms with E-state index in [2.05, 4.69) is 9.56 Å². The summed E-state index contributed by atoms with van der Waals surface area (Å²) in [5.74, 6) is 0.350. The minimum absolute atomic E-state index is 0.120. The number of methoxy groups -OCH3 is 3. The number of aromatic nitrogens is 1. The lowest BCUT2D eigenvalue weighted by Crippen LogP contribution is -2.23. The van der Waals surface area contributed by atoms with Gasteiger partial charge in [0.05, 0.1) is 27.0 Å². The minimum Gasteiger partial charge on any atom is -0.493 e. The normalized spacial score (nSPS) is 15.1. The largest absolute Gasteiger partial charge is 0.493 e. The maximum absolute atomic E-state index is 14.3. The first-order valence-corrected chi connectivity index (χ1v) is 11.4. The third kappa shape index (κ3) is 4.37. The molecule has 0 N–H and O–H groups in total. The van der Waals surface area contributed by atoms with Crippen LogP contribution in [0.1, 0.15) is 38.1 Å². The Morgan fingerprint density at radius 3 is 2.22 bits per heavy atom. The number of rotatable bonds is 6. The number of hydrogen-bond donors (Lipinski definition) is 0. The fraction of sp³-hybridized carbons (Fsp3) is 0.375. The number of hydrogen-bond acceptors (Lipinski definition) is 5. The fourth-order valence-corrected chi connectivity index (χ4v) is 5.19. The summed E-state index contributed by atoms with van der Waals surface area (Å²) in [4.78, 5) is 5.25. The molecule has 0 amide bonds. The lowest BCUT2D eigenvalue weighted by atomic mass is 9.95. The van der Waals surface area contributed by atoms with Gasteiger partial charge in [0.15, 0.2) is 22.1 Å². The van der Waals surface area contributed by atoms with E-state index in [0.29, 0.717) is 22.0 Å². The summed E-state index contributed by atoms with van der Waals surface area (Å²) in [6.45, 7) is 0. The van der Waals surface area contributed by atoms with Gasteiger partial charge in [-0.2, -0.15) is 0 Å². The quantitative estimate of drug-likeness (QED) is 0.436. The number of ether oxygens (including phenoxy) is 3. The molecule has 32 heavy (non-hydrogen) atoms. The molecule has 5 nitrogen and oxygen atoms in total. The summed E-state index contributed by atoms with van der Waals surface area (Å²) >= 11 is 1.43. The third-order valence-corrected chi connectivity index (χ3v) is 6.61. The molecule has 1 aromatic heterocycles. The van der Waals surface area contributed by atoms with Crippen molar-refractivity contribution >= 4 is 17.0 Å². The lowest BCUT2D eigenvalue weighted by molar-refractivity contribution is 0.324. The van der Waals surface area contributed by atoms with Gasteiger partial charge in [-0.05, 0) is 37.1 Å². The number of benzene rings is 2. The molecule has 0 spiro atoms. The van der Waals surface area contributed by atoms with Crippen LogP contribution in [-0.4, -0.2) is 25.9 Å². The van der Waals surface area contributed by atoms with Crippen molar-refractivity contribution < 1.29 is 23.0 Å². The summed E-state index contributed by atoms with van der Waals surface area (Å²) in [5, 5.41) is 2.01. The number of halogens is 2.